The van der Waals surface area contributed by atoms with Crippen LogP contribution in [-0.4, -0.2) is 15.4 Å². The van der Waals surface area contributed by atoms with Crippen LogP contribution in [0.15, 0.2) is 0 Å². The van der Waals surface area contributed by atoms with Crippen molar-refractivity contribution in [2.75, 3.05) is 7.05 Å². The summed E-state index contributed by atoms with van der Waals surface area (Å²) < 4.78 is 0. The molecule has 0 aliphatic heterocycles. The molecule has 0 aromatic rings. The van der Waals surface area contributed by atoms with Crippen LogP contribution >= 0.6 is 0 Å². The van der Waals surface area contributed by atoms with Gasteiger partial charge in [0.05, 0.1) is 0 Å². The molecule has 3 heteroatoms. The van der Waals surface area contributed by atoms with Crippen LogP contribution in [0.25, 0.3) is 0 Å². The summed E-state index contributed by atoms with van der Waals surface area (Å²) in [5, 5.41) is 6.22. The molecule has 0 radical (unpaired) electrons. The van der Waals surface area contributed by atoms with Crippen molar-refractivity contribution in [2.24, 2.45) is 5.40 Å². The van der Waals surface area contributed by atoms with E-state index in [9.17, 15) is 0 Å². The molecule has 1 saturated carbocycles. The Morgan fingerprint density at radius 1 is 1.27 bits per heavy atom. The van der Waals surface area contributed by atoms with Crippen LogP contribution in [0.3, 0.4) is 0 Å². The molecule has 11 heavy (non-hydrogen) atoms. The Bertz CT molecular complexity index is 119. The molecule has 2 nitrogen and oxygen atoms in total. The second-order valence-corrected chi connectivity index (χ2v) is 7.75. The molecule has 1 aliphatic rings. The van der Waals surface area contributed by atoms with Gasteiger partial charge in [0.2, 0.25) is 0 Å². The predicted octanol–water partition coefficient (Wildman–Crippen LogP) is 1.57. The topological polar surface area (TPSA) is 38.0 Å². The van der Waals surface area contributed by atoms with Gasteiger partial charge in [-0.15, -0.1) is 0 Å². The van der Waals surface area contributed by atoms with E-state index in [1.165, 1.54) is 32.1 Å². The van der Waals surface area contributed by atoms with E-state index in [0.29, 0.717) is 0 Å². The minimum absolute atomic E-state index is 0.821. The van der Waals surface area contributed by atoms with Gasteiger partial charge in [-0.25, -0.2) is 0 Å². The van der Waals surface area contributed by atoms with Crippen LogP contribution in [-0.2, 0) is 0 Å². The SMILES string of the molecule is CN[Si](C)(N)C1CCCCC1. The molecule has 0 saturated heterocycles. The van der Waals surface area contributed by atoms with Gasteiger partial charge in [0.1, 0.15) is 0 Å². The van der Waals surface area contributed by atoms with Gasteiger partial charge in [-0.2, -0.15) is 0 Å². The van der Waals surface area contributed by atoms with E-state index >= 15 is 0 Å². The van der Waals surface area contributed by atoms with Gasteiger partial charge in [0.15, 0.2) is 8.40 Å². The maximum atomic E-state index is 6.22. The molecule has 66 valence electrons. The quantitative estimate of drug-likeness (QED) is 0.621. The van der Waals surface area contributed by atoms with E-state index in [1.807, 2.05) is 7.05 Å². The van der Waals surface area contributed by atoms with Crippen molar-refractivity contribution in [2.45, 2.75) is 44.2 Å². The summed E-state index contributed by atoms with van der Waals surface area (Å²) >= 11 is 0. The molecule has 0 bridgehead atoms. The van der Waals surface area contributed by atoms with Gasteiger partial charge < -0.3 is 10.4 Å². The van der Waals surface area contributed by atoms with E-state index in [-0.39, 0.29) is 0 Å². The van der Waals surface area contributed by atoms with Crippen molar-refractivity contribution in [3.63, 3.8) is 0 Å². The monoisotopic (exact) mass is 172 g/mol. The molecule has 0 aromatic carbocycles. The fraction of sp³-hybridized carbons (Fsp3) is 1.00. The van der Waals surface area contributed by atoms with Crippen molar-refractivity contribution < 1.29 is 0 Å². The molecule has 0 heterocycles. The Kier molecular flexibility index (Phi) is 3.10. The van der Waals surface area contributed by atoms with Crippen molar-refractivity contribution in [3.05, 3.63) is 0 Å². The summed E-state index contributed by atoms with van der Waals surface area (Å²) in [5.41, 5.74) is 0.821. The van der Waals surface area contributed by atoms with Crippen molar-refractivity contribution in [1.29, 1.82) is 0 Å². The molecule has 1 rings (SSSR count). The zero-order chi connectivity index (χ0) is 8.32. The standard InChI is InChI=1S/C8H20N2Si/c1-10-11(2,9)8-6-4-3-5-7-8/h8,10H,3-7,9H2,1-2H3. The lowest BCUT2D eigenvalue weighted by Crippen LogP contribution is -2.59. The number of hydrogen-bond acceptors (Lipinski definition) is 2. The smallest absolute Gasteiger partial charge is 0.198 e. The van der Waals surface area contributed by atoms with E-state index in [2.05, 4.69) is 11.5 Å². The first kappa shape index (κ1) is 9.23. The average Bonchev–Trinajstić information content (AvgIpc) is 2.06. The van der Waals surface area contributed by atoms with Crippen molar-refractivity contribution >= 4 is 8.40 Å². The summed E-state index contributed by atoms with van der Waals surface area (Å²) in [4.78, 5) is 3.33. The minimum atomic E-state index is -1.53. The zero-order valence-corrected chi connectivity index (χ0v) is 8.69. The first-order valence-corrected chi connectivity index (χ1v) is 7.30. The minimum Gasteiger partial charge on any atom is -0.339 e. The number of nitrogens with two attached hydrogens (primary N) is 1. The predicted molar refractivity (Wildman–Crippen MR) is 51.7 cm³/mol. The first-order valence-electron chi connectivity index (χ1n) is 4.64. The van der Waals surface area contributed by atoms with Gasteiger partial charge in [0.25, 0.3) is 0 Å². The summed E-state index contributed by atoms with van der Waals surface area (Å²) in [6.07, 6.45) is 6.93. The van der Waals surface area contributed by atoms with E-state index in [1.54, 1.807) is 0 Å². The average molecular weight is 172 g/mol. The third-order valence-corrected chi connectivity index (χ3v) is 6.34. The molecule has 0 aromatic heterocycles. The van der Waals surface area contributed by atoms with Gasteiger partial charge in [-0.1, -0.05) is 32.1 Å². The van der Waals surface area contributed by atoms with Gasteiger partial charge in [-0.05, 0) is 19.1 Å². The largest absolute Gasteiger partial charge is 0.339 e. The maximum absolute atomic E-state index is 6.22. The van der Waals surface area contributed by atoms with Crippen molar-refractivity contribution in [3.8, 4) is 0 Å². The Balaban J connectivity index is 2.43. The third-order valence-electron chi connectivity index (χ3n) is 2.99. The van der Waals surface area contributed by atoms with Crippen LogP contribution in [0.5, 0.6) is 0 Å². The summed E-state index contributed by atoms with van der Waals surface area (Å²) in [6.45, 7) is 2.24. The Morgan fingerprint density at radius 3 is 2.27 bits per heavy atom. The van der Waals surface area contributed by atoms with Crippen LogP contribution in [0, 0.1) is 0 Å². The first-order chi connectivity index (χ1) is 5.17. The number of nitrogens with one attached hydrogen (secondary N) is 1. The van der Waals surface area contributed by atoms with Crippen molar-refractivity contribution in [1.82, 2.24) is 4.98 Å². The fourth-order valence-electron chi connectivity index (χ4n) is 1.91. The highest BCUT2D eigenvalue weighted by Gasteiger charge is 2.32. The second kappa shape index (κ2) is 3.69. The lowest BCUT2D eigenvalue weighted by atomic mass is 10.0. The Hall–Kier alpha value is 0.137. The van der Waals surface area contributed by atoms with Crippen LogP contribution < -0.4 is 10.4 Å². The normalized spacial score (nSPS) is 26.5. The van der Waals surface area contributed by atoms with Crippen LogP contribution in [0.4, 0.5) is 0 Å². The number of rotatable bonds is 2. The molecular formula is C8H20N2Si. The van der Waals surface area contributed by atoms with E-state index < -0.39 is 8.40 Å². The van der Waals surface area contributed by atoms with Crippen LogP contribution in [0.1, 0.15) is 32.1 Å². The Morgan fingerprint density at radius 2 is 1.82 bits per heavy atom. The van der Waals surface area contributed by atoms with Gasteiger partial charge in [0, 0.05) is 0 Å². The zero-order valence-electron chi connectivity index (χ0n) is 7.69. The molecule has 1 atom stereocenters. The highest BCUT2D eigenvalue weighted by Crippen LogP contribution is 2.32. The molecule has 1 unspecified atom stereocenters. The Labute approximate surface area is 70.7 Å². The third kappa shape index (κ3) is 2.29. The fourth-order valence-corrected chi connectivity index (χ4v) is 3.92. The molecule has 1 aliphatic carbocycles. The second-order valence-electron chi connectivity index (χ2n) is 3.87. The lowest BCUT2D eigenvalue weighted by Gasteiger charge is -2.33. The van der Waals surface area contributed by atoms with E-state index in [4.69, 9.17) is 5.40 Å². The molecule has 3 N–H and O–H groups in total. The summed E-state index contributed by atoms with van der Waals surface area (Å²) in [7, 11) is 0.488. The van der Waals surface area contributed by atoms with Crippen LogP contribution in [0.2, 0.25) is 12.1 Å². The van der Waals surface area contributed by atoms with Gasteiger partial charge >= 0.3 is 0 Å². The highest BCUT2D eigenvalue weighted by atomic mass is 28.3. The molecular weight excluding hydrogens is 152 g/mol. The summed E-state index contributed by atoms with van der Waals surface area (Å²) in [6, 6.07) is 0. The molecule has 0 spiro atoms. The molecule has 1 fully saturated rings. The summed E-state index contributed by atoms with van der Waals surface area (Å²) in [5.74, 6) is 0. The maximum Gasteiger partial charge on any atom is 0.198 e. The molecule has 0 amide bonds. The lowest BCUT2D eigenvalue weighted by molar-refractivity contribution is 0.487. The highest BCUT2D eigenvalue weighted by molar-refractivity contribution is 6.74. The van der Waals surface area contributed by atoms with Gasteiger partial charge in [-0.3, -0.25) is 0 Å². The van der Waals surface area contributed by atoms with E-state index in [0.717, 1.165) is 5.54 Å². The number of hydrogen-bond donors (Lipinski definition) is 2.